The molecule has 1 N–H and O–H groups in total. The lowest BCUT2D eigenvalue weighted by Gasteiger charge is -2.32. The number of carbonyl (C=O) groups is 1. The van der Waals surface area contributed by atoms with E-state index in [-0.39, 0.29) is 5.91 Å². The first-order valence-electron chi connectivity index (χ1n) is 8.47. The lowest BCUT2D eigenvalue weighted by atomic mass is 10.1. The molecule has 7 heteroatoms. The van der Waals surface area contributed by atoms with E-state index in [4.69, 9.17) is 9.41 Å². The molecule has 0 spiro atoms. The fourth-order valence-electron chi connectivity index (χ4n) is 2.81. The minimum Gasteiger partial charge on any atom is -0.465 e. The summed E-state index contributed by atoms with van der Waals surface area (Å²) in [5, 5.41) is 11.4. The maximum atomic E-state index is 12.8. The molecule has 0 saturated heterocycles. The predicted molar refractivity (Wildman–Crippen MR) is 102 cm³/mol. The molecule has 1 amide bonds. The van der Waals surface area contributed by atoms with Crippen LogP contribution in [0.4, 0.5) is 0 Å². The molecule has 6 nitrogen and oxygen atoms in total. The van der Waals surface area contributed by atoms with E-state index < -0.39 is 6.17 Å². The average Bonchev–Trinajstić information content (AvgIpc) is 3.17. The second kappa shape index (κ2) is 7.21. The molecule has 1 atom stereocenters. The Bertz CT molecular complexity index is 995. The zero-order valence-electron chi connectivity index (χ0n) is 14.3. The fraction of sp³-hybridized carbons (Fsp3) is 0.211. The Morgan fingerprint density at radius 1 is 1.31 bits per heavy atom. The second-order valence-electron chi connectivity index (χ2n) is 5.84. The van der Waals surface area contributed by atoms with Crippen LogP contribution < -0.4 is 15.9 Å². The van der Waals surface area contributed by atoms with Crippen LogP contribution in [0.15, 0.2) is 63.2 Å². The highest BCUT2D eigenvalue weighted by molar-refractivity contribution is 8.13. The minimum absolute atomic E-state index is 0.155. The Hall–Kier alpha value is -2.80. The van der Waals surface area contributed by atoms with Gasteiger partial charge in [-0.05, 0) is 36.8 Å². The summed E-state index contributed by atoms with van der Waals surface area (Å²) in [6.45, 7) is 2.09. The van der Waals surface area contributed by atoms with E-state index in [1.54, 1.807) is 11.3 Å². The van der Waals surface area contributed by atoms with Gasteiger partial charge in [-0.2, -0.15) is 0 Å². The molecule has 26 heavy (non-hydrogen) atoms. The number of rotatable bonds is 4. The molecule has 0 fully saturated rings. The summed E-state index contributed by atoms with van der Waals surface area (Å²) in [5.41, 5.74) is 0.519. The van der Waals surface area contributed by atoms with Gasteiger partial charge in [-0.25, -0.2) is 5.01 Å². The quantitative estimate of drug-likeness (QED) is 0.897. The summed E-state index contributed by atoms with van der Waals surface area (Å²) in [5.74, 6) is 1.46. The number of thioether (sulfide) groups is 1. The molecular formula is C19H18N4O2S. The van der Waals surface area contributed by atoms with Crippen molar-refractivity contribution in [2.75, 3.05) is 5.75 Å². The lowest BCUT2D eigenvalue weighted by molar-refractivity contribution is -0.116. The van der Waals surface area contributed by atoms with Crippen LogP contribution in [0.2, 0.25) is 0 Å². The van der Waals surface area contributed by atoms with Crippen LogP contribution in [0, 0.1) is 0 Å². The molecule has 0 aliphatic carbocycles. The van der Waals surface area contributed by atoms with Crippen LogP contribution in [0.25, 0.3) is 11.8 Å². The van der Waals surface area contributed by atoms with E-state index in [0.29, 0.717) is 10.9 Å². The first kappa shape index (κ1) is 16.7. The zero-order valence-corrected chi connectivity index (χ0v) is 15.1. The SMILES string of the molecule is CCCSC1=NN2C(=c3ccccc3=N[C@H]2/C=C/c2ccco2)C(=O)N1. The van der Waals surface area contributed by atoms with Crippen molar-refractivity contribution in [2.24, 2.45) is 10.1 Å². The van der Waals surface area contributed by atoms with Gasteiger partial charge in [-0.15, -0.1) is 5.10 Å². The molecule has 1 aromatic heterocycles. The van der Waals surface area contributed by atoms with Crippen LogP contribution in [0.1, 0.15) is 19.1 Å². The molecule has 2 aromatic rings. The van der Waals surface area contributed by atoms with Crippen molar-refractivity contribution in [3.05, 3.63) is 65.1 Å². The number of hydrogen-bond donors (Lipinski definition) is 1. The molecule has 4 rings (SSSR count). The molecule has 132 valence electrons. The van der Waals surface area contributed by atoms with Gasteiger partial charge >= 0.3 is 0 Å². The number of para-hydroxylation sites is 1. The summed E-state index contributed by atoms with van der Waals surface area (Å²) in [6, 6.07) is 11.3. The normalized spacial score (nSPS) is 18.9. The Labute approximate surface area is 155 Å². The van der Waals surface area contributed by atoms with E-state index in [2.05, 4.69) is 17.3 Å². The van der Waals surface area contributed by atoms with Gasteiger partial charge in [0, 0.05) is 11.0 Å². The highest BCUT2D eigenvalue weighted by Gasteiger charge is 2.32. The third-order valence-corrected chi connectivity index (χ3v) is 5.03. The second-order valence-corrected chi connectivity index (χ2v) is 6.92. The largest absolute Gasteiger partial charge is 0.465 e. The van der Waals surface area contributed by atoms with Gasteiger partial charge in [0.05, 0.1) is 11.6 Å². The monoisotopic (exact) mass is 366 g/mol. The third-order valence-electron chi connectivity index (χ3n) is 3.96. The van der Waals surface area contributed by atoms with Crippen molar-refractivity contribution in [3.63, 3.8) is 0 Å². The number of hydrogen-bond acceptors (Lipinski definition) is 6. The highest BCUT2D eigenvalue weighted by Crippen LogP contribution is 2.22. The van der Waals surface area contributed by atoms with Crippen molar-refractivity contribution in [1.29, 1.82) is 0 Å². The number of nitrogens with zero attached hydrogens (tertiary/aromatic N) is 3. The van der Waals surface area contributed by atoms with Crippen LogP contribution in [-0.2, 0) is 4.79 Å². The lowest BCUT2D eigenvalue weighted by Crippen LogP contribution is -2.52. The van der Waals surface area contributed by atoms with Crippen LogP contribution in [-0.4, -0.2) is 28.0 Å². The van der Waals surface area contributed by atoms with Gasteiger partial charge in [-0.3, -0.25) is 15.1 Å². The number of benzene rings is 1. The van der Waals surface area contributed by atoms with E-state index in [1.807, 2.05) is 48.6 Å². The molecule has 0 saturated carbocycles. The summed E-state index contributed by atoms with van der Waals surface area (Å²) in [6.07, 6.45) is 5.95. The standard InChI is InChI=1S/C19H18N4O2S/c1-2-12-26-19-21-18(24)17-14-7-3-4-8-15(14)20-16(23(17)22-19)10-9-13-6-5-11-25-13/h3-11,16H,2,12H2,1H3,(H,21,22,24)/b10-9+/t16-/m1/s1. The number of nitrogens with one attached hydrogen (secondary N) is 1. The van der Waals surface area contributed by atoms with Gasteiger partial charge in [0.2, 0.25) is 0 Å². The molecule has 2 aliphatic heterocycles. The van der Waals surface area contributed by atoms with Crippen molar-refractivity contribution >= 4 is 34.6 Å². The van der Waals surface area contributed by atoms with Gasteiger partial charge in [0.1, 0.15) is 11.5 Å². The summed E-state index contributed by atoms with van der Waals surface area (Å²) >= 11 is 1.53. The first-order valence-corrected chi connectivity index (χ1v) is 9.45. The number of amides is 1. The highest BCUT2D eigenvalue weighted by atomic mass is 32.2. The molecule has 1 aromatic carbocycles. The summed E-state index contributed by atoms with van der Waals surface area (Å²) < 4.78 is 5.35. The minimum atomic E-state index is -0.409. The summed E-state index contributed by atoms with van der Waals surface area (Å²) in [7, 11) is 0. The van der Waals surface area contributed by atoms with Gasteiger partial charge in [0.15, 0.2) is 11.3 Å². The van der Waals surface area contributed by atoms with E-state index in [0.717, 1.165) is 28.5 Å². The van der Waals surface area contributed by atoms with Gasteiger partial charge in [0.25, 0.3) is 5.91 Å². The van der Waals surface area contributed by atoms with Crippen LogP contribution in [0.5, 0.6) is 0 Å². The van der Waals surface area contributed by atoms with Gasteiger partial charge in [-0.1, -0.05) is 36.9 Å². The number of carbonyl (C=O) groups excluding carboxylic acids is 1. The van der Waals surface area contributed by atoms with Crippen molar-refractivity contribution in [1.82, 2.24) is 10.3 Å². The van der Waals surface area contributed by atoms with E-state index in [1.165, 1.54) is 11.8 Å². The number of amidine groups is 1. The molecule has 3 heterocycles. The average molecular weight is 366 g/mol. The molecular weight excluding hydrogens is 348 g/mol. The van der Waals surface area contributed by atoms with Crippen LogP contribution in [0.3, 0.4) is 0 Å². The maximum Gasteiger partial charge on any atom is 0.276 e. The Morgan fingerprint density at radius 3 is 3.00 bits per heavy atom. The number of hydrazone groups is 1. The van der Waals surface area contributed by atoms with Crippen molar-refractivity contribution < 1.29 is 9.21 Å². The summed E-state index contributed by atoms with van der Waals surface area (Å²) in [4.78, 5) is 17.5. The Kier molecular flexibility index (Phi) is 4.62. The van der Waals surface area contributed by atoms with E-state index in [9.17, 15) is 4.79 Å². The molecule has 2 aliphatic rings. The maximum absolute atomic E-state index is 12.8. The van der Waals surface area contributed by atoms with Gasteiger partial charge < -0.3 is 4.42 Å². The van der Waals surface area contributed by atoms with E-state index >= 15 is 0 Å². The zero-order chi connectivity index (χ0) is 17.9. The molecule has 0 unspecified atom stereocenters. The number of fused-ring (bicyclic) bond motifs is 2. The smallest absolute Gasteiger partial charge is 0.276 e. The Morgan fingerprint density at radius 2 is 2.19 bits per heavy atom. The Balaban J connectivity index is 1.79. The van der Waals surface area contributed by atoms with Crippen molar-refractivity contribution in [2.45, 2.75) is 19.5 Å². The fourth-order valence-corrected chi connectivity index (χ4v) is 3.52. The third kappa shape index (κ3) is 3.17. The first-order chi connectivity index (χ1) is 12.8. The van der Waals surface area contributed by atoms with Crippen molar-refractivity contribution in [3.8, 4) is 0 Å². The molecule has 0 radical (unpaired) electrons. The predicted octanol–water partition coefficient (Wildman–Crippen LogP) is 1.91. The van der Waals surface area contributed by atoms with Crippen LogP contribution >= 0.6 is 11.8 Å². The number of furan rings is 1. The topological polar surface area (TPSA) is 70.2 Å². The molecule has 0 bridgehead atoms.